The third kappa shape index (κ3) is 2.36. The summed E-state index contributed by atoms with van der Waals surface area (Å²) in [7, 11) is 3.20. The highest BCUT2D eigenvalue weighted by molar-refractivity contribution is 9.10. The maximum Gasteiger partial charge on any atom is 0.180 e. The standard InChI is InChI=1S/C11H14BrNO3/c1-6-10(15)7(9(14)5-13-2)4-8(12)11(6)16-3/h4,13,15H,5H2,1-3H3. The summed E-state index contributed by atoms with van der Waals surface area (Å²) in [6.45, 7) is 1.89. The number of Topliss-reactive ketones (excluding diaryl/α,β-unsaturated/α-hetero) is 1. The Hall–Kier alpha value is -1.07. The van der Waals surface area contributed by atoms with Crippen LogP contribution in [0.3, 0.4) is 0 Å². The lowest BCUT2D eigenvalue weighted by molar-refractivity contribution is 0.0991. The number of benzene rings is 1. The summed E-state index contributed by atoms with van der Waals surface area (Å²) in [5, 5.41) is 12.6. The molecule has 0 aliphatic carbocycles. The van der Waals surface area contributed by atoms with E-state index in [2.05, 4.69) is 21.2 Å². The minimum absolute atomic E-state index is 0.0275. The number of likely N-dealkylation sites (N-methyl/N-ethyl adjacent to an activating group) is 1. The third-order valence-electron chi connectivity index (χ3n) is 2.28. The minimum Gasteiger partial charge on any atom is -0.507 e. The zero-order chi connectivity index (χ0) is 12.3. The van der Waals surface area contributed by atoms with E-state index in [0.717, 1.165) is 0 Å². The fourth-order valence-corrected chi connectivity index (χ4v) is 2.16. The highest BCUT2D eigenvalue weighted by Gasteiger charge is 2.18. The first-order chi connectivity index (χ1) is 7.52. The molecule has 2 N–H and O–H groups in total. The molecule has 1 rings (SSSR count). The van der Waals surface area contributed by atoms with E-state index in [9.17, 15) is 9.90 Å². The van der Waals surface area contributed by atoms with Crippen LogP contribution in [-0.4, -0.2) is 31.6 Å². The van der Waals surface area contributed by atoms with Crippen LogP contribution in [0.5, 0.6) is 11.5 Å². The summed E-state index contributed by atoms with van der Waals surface area (Å²) in [5.41, 5.74) is 0.843. The zero-order valence-corrected chi connectivity index (χ0v) is 11.0. The van der Waals surface area contributed by atoms with E-state index < -0.39 is 0 Å². The molecule has 0 saturated heterocycles. The van der Waals surface area contributed by atoms with Crippen LogP contribution in [0.4, 0.5) is 0 Å². The molecule has 0 amide bonds. The van der Waals surface area contributed by atoms with Gasteiger partial charge in [0.05, 0.1) is 23.7 Å². The van der Waals surface area contributed by atoms with Gasteiger partial charge in [-0.15, -0.1) is 0 Å². The summed E-state index contributed by atoms with van der Waals surface area (Å²) < 4.78 is 5.77. The molecule has 0 spiro atoms. The van der Waals surface area contributed by atoms with E-state index in [-0.39, 0.29) is 18.1 Å². The largest absolute Gasteiger partial charge is 0.507 e. The second kappa shape index (κ2) is 5.32. The molecule has 1 aromatic rings. The summed E-state index contributed by atoms with van der Waals surface area (Å²) in [6, 6.07) is 1.57. The van der Waals surface area contributed by atoms with E-state index in [1.54, 1.807) is 20.0 Å². The van der Waals surface area contributed by atoms with Crippen LogP contribution < -0.4 is 10.1 Å². The molecule has 88 valence electrons. The van der Waals surface area contributed by atoms with E-state index in [4.69, 9.17) is 4.74 Å². The smallest absolute Gasteiger partial charge is 0.180 e. The first-order valence-electron chi connectivity index (χ1n) is 4.76. The molecule has 0 aliphatic rings. The van der Waals surface area contributed by atoms with Crippen molar-refractivity contribution in [2.75, 3.05) is 20.7 Å². The Balaban J connectivity index is 3.28. The number of carbonyl (C=O) groups is 1. The molecule has 0 atom stereocenters. The predicted molar refractivity (Wildman–Crippen MR) is 65.4 cm³/mol. The van der Waals surface area contributed by atoms with Gasteiger partial charge in [0.25, 0.3) is 0 Å². The van der Waals surface area contributed by atoms with Crippen LogP contribution in [0.25, 0.3) is 0 Å². The monoisotopic (exact) mass is 287 g/mol. The SMILES string of the molecule is CNCC(=O)c1cc(Br)c(OC)c(C)c1O. The Labute approximate surface area is 103 Å². The number of aromatic hydroxyl groups is 1. The second-order valence-electron chi connectivity index (χ2n) is 3.37. The summed E-state index contributed by atoms with van der Waals surface area (Å²) in [4.78, 5) is 11.7. The number of methoxy groups -OCH3 is 1. The number of ether oxygens (including phenoxy) is 1. The molecule has 0 radical (unpaired) electrons. The number of phenols is 1. The predicted octanol–water partition coefficient (Wildman–Crippen LogP) is 1.87. The van der Waals surface area contributed by atoms with Crippen molar-refractivity contribution in [1.82, 2.24) is 5.32 Å². The number of rotatable bonds is 4. The molecule has 16 heavy (non-hydrogen) atoms. The van der Waals surface area contributed by atoms with Crippen molar-refractivity contribution in [1.29, 1.82) is 0 Å². The van der Waals surface area contributed by atoms with Crippen LogP contribution in [-0.2, 0) is 0 Å². The maximum absolute atomic E-state index is 11.7. The molecular weight excluding hydrogens is 274 g/mol. The number of ketones is 1. The Kier molecular flexibility index (Phi) is 4.32. The molecule has 0 aliphatic heterocycles. The van der Waals surface area contributed by atoms with E-state index >= 15 is 0 Å². The summed E-state index contributed by atoms with van der Waals surface area (Å²) in [6.07, 6.45) is 0. The lowest BCUT2D eigenvalue weighted by Crippen LogP contribution is -2.19. The molecule has 0 saturated carbocycles. The third-order valence-corrected chi connectivity index (χ3v) is 2.87. The quantitative estimate of drug-likeness (QED) is 0.830. The van der Waals surface area contributed by atoms with E-state index in [0.29, 0.717) is 21.3 Å². The van der Waals surface area contributed by atoms with Crippen LogP contribution in [0.1, 0.15) is 15.9 Å². The lowest BCUT2D eigenvalue weighted by Gasteiger charge is -2.12. The van der Waals surface area contributed by atoms with Crippen LogP contribution in [0.15, 0.2) is 10.5 Å². The summed E-state index contributed by atoms with van der Waals surface area (Å²) in [5.74, 6) is 0.352. The molecular formula is C11H14BrNO3. The topological polar surface area (TPSA) is 58.6 Å². The Morgan fingerprint density at radius 3 is 2.75 bits per heavy atom. The van der Waals surface area contributed by atoms with Crippen LogP contribution >= 0.6 is 15.9 Å². The van der Waals surface area contributed by atoms with Crippen LogP contribution in [0, 0.1) is 6.92 Å². The molecule has 0 aromatic heterocycles. The van der Waals surface area contributed by atoms with Crippen molar-refractivity contribution >= 4 is 21.7 Å². The fourth-order valence-electron chi connectivity index (χ4n) is 1.47. The lowest BCUT2D eigenvalue weighted by atomic mass is 10.0. The van der Waals surface area contributed by atoms with Gasteiger partial charge in [-0.05, 0) is 36.0 Å². The zero-order valence-electron chi connectivity index (χ0n) is 9.43. The summed E-state index contributed by atoms with van der Waals surface area (Å²) >= 11 is 3.30. The molecule has 0 bridgehead atoms. The van der Waals surface area contributed by atoms with Gasteiger partial charge in [-0.25, -0.2) is 0 Å². The van der Waals surface area contributed by atoms with Gasteiger partial charge in [0.2, 0.25) is 0 Å². The fraction of sp³-hybridized carbons (Fsp3) is 0.364. The number of carbonyl (C=O) groups excluding carboxylic acids is 1. The highest BCUT2D eigenvalue weighted by atomic mass is 79.9. The van der Waals surface area contributed by atoms with Crippen molar-refractivity contribution in [2.45, 2.75) is 6.92 Å². The second-order valence-corrected chi connectivity index (χ2v) is 4.22. The Morgan fingerprint density at radius 2 is 2.25 bits per heavy atom. The first kappa shape index (κ1) is 13.0. The average molecular weight is 288 g/mol. The highest BCUT2D eigenvalue weighted by Crippen LogP contribution is 2.37. The molecule has 4 nitrogen and oxygen atoms in total. The Morgan fingerprint density at radius 1 is 1.62 bits per heavy atom. The molecule has 0 fully saturated rings. The minimum atomic E-state index is -0.161. The number of phenolic OH excluding ortho intramolecular Hbond substituents is 1. The number of hydrogen-bond acceptors (Lipinski definition) is 4. The Bertz CT molecular complexity index is 418. The van der Waals surface area contributed by atoms with Crippen LogP contribution in [0.2, 0.25) is 0 Å². The van der Waals surface area contributed by atoms with Crippen molar-refractivity contribution in [2.24, 2.45) is 0 Å². The van der Waals surface area contributed by atoms with Gasteiger partial charge < -0.3 is 15.2 Å². The van der Waals surface area contributed by atoms with Gasteiger partial charge in [0.1, 0.15) is 11.5 Å². The van der Waals surface area contributed by atoms with Gasteiger partial charge in [-0.3, -0.25) is 4.79 Å². The number of halogens is 1. The van der Waals surface area contributed by atoms with E-state index in [1.165, 1.54) is 7.11 Å². The number of nitrogens with one attached hydrogen (secondary N) is 1. The van der Waals surface area contributed by atoms with Crippen molar-refractivity contribution in [3.05, 3.63) is 21.7 Å². The van der Waals surface area contributed by atoms with Gasteiger partial charge in [0.15, 0.2) is 5.78 Å². The van der Waals surface area contributed by atoms with E-state index in [1.807, 2.05) is 0 Å². The normalized spacial score (nSPS) is 10.2. The molecule has 0 unspecified atom stereocenters. The average Bonchev–Trinajstić information content (AvgIpc) is 2.24. The van der Waals surface area contributed by atoms with Crippen molar-refractivity contribution in [3.8, 4) is 11.5 Å². The molecule has 1 aromatic carbocycles. The maximum atomic E-state index is 11.7. The molecule has 5 heteroatoms. The van der Waals surface area contributed by atoms with Crippen molar-refractivity contribution < 1.29 is 14.6 Å². The van der Waals surface area contributed by atoms with Gasteiger partial charge >= 0.3 is 0 Å². The van der Waals surface area contributed by atoms with Gasteiger partial charge in [-0.2, -0.15) is 0 Å². The first-order valence-corrected chi connectivity index (χ1v) is 5.56. The van der Waals surface area contributed by atoms with Gasteiger partial charge in [-0.1, -0.05) is 0 Å². The number of hydrogen-bond donors (Lipinski definition) is 2. The molecule has 0 heterocycles. The van der Waals surface area contributed by atoms with Crippen molar-refractivity contribution in [3.63, 3.8) is 0 Å². The van der Waals surface area contributed by atoms with Gasteiger partial charge in [0, 0.05) is 5.56 Å².